The molecule has 2 aromatic carbocycles. The first-order valence-electron chi connectivity index (χ1n) is 9.21. The van der Waals surface area contributed by atoms with Gasteiger partial charge in [-0.3, -0.25) is 4.79 Å². The van der Waals surface area contributed by atoms with E-state index in [0.29, 0.717) is 13.1 Å². The molecular weight excluding hydrogens is 328 g/mol. The predicted molar refractivity (Wildman–Crippen MR) is 99.9 cm³/mol. The predicted octanol–water partition coefficient (Wildman–Crippen LogP) is 2.41. The summed E-state index contributed by atoms with van der Waals surface area (Å²) in [6, 6.07) is 14.6. The van der Waals surface area contributed by atoms with E-state index >= 15 is 0 Å². The van der Waals surface area contributed by atoms with Gasteiger partial charge in [-0.1, -0.05) is 30.3 Å². The maximum Gasteiger partial charge on any atom is 0.249 e. The number of amides is 1. The summed E-state index contributed by atoms with van der Waals surface area (Å²) < 4.78 is 11.2. The number of rotatable bonds is 5. The molecule has 5 heteroatoms. The van der Waals surface area contributed by atoms with Crippen molar-refractivity contribution in [2.24, 2.45) is 5.73 Å². The Labute approximate surface area is 153 Å². The van der Waals surface area contributed by atoms with Crippen LogP contribution in [0, 0.1) is 0 Å². The summed E-state index contributed by atoms with van der Waals surface area (Å²) in [7, 11) is 0. The standard InChI is InChI=1S/C21H24N2O3/c22-12-18-6-8-20(26-18)21(24)23-13-14-1-3-15(4-2-14)16-5-7-19-17(11-16)9-10-25-19/h1-5,7,11,18,20H,6,8-10,12-13,22H2,(H,23,24)/t18-,20+/m1/s1. The number of carbonyl (C=O) groups excluding carboxylic acids is 1. The number of ether oxygens (including phenoxy) is 2. The molecule has 0 spiro atoms. The third-order valence-corrected chi connectivity index (χ3v) is 5.11. The van der Waals surface area contributed by atoms with E-state index in [1.54, 1.807) is 0 Å². The molecule has 3 N–H and O–H groups in total. The van der Waals surface area contributed by atoms with Crippen LogP contribution in [0.5, 0.6) is 5.75 Å². The van der Waals surface area contributed by atoms with Crippen molar-refractivity contribution in [3.8, 4) is 16.9 Å². The van der Waals surface area contributed by atoms with Gasteiger partial charge in [0.25, 0.3) is 0 Å². The lowest BCUT2D eigenvalue weighted by molar-refractivity contribution is -0.132. The summed E-state index contributed by atoms with van der Waals surface area (Å²) in [6.07, 6.45) is 2.23. The second-order valence-electron chi connectivity index (χ2n) is 6.90. The number of nitrogens with two attached hydrogens (primary N) is 1. The van der Waals surface area contributed by atoms with E-state index in [4.69, 9.17) is 15.2 Å². The molecule has 136 valence electrons. The molecule has 2 aliphatic heterocycles. The molecule has 26 heavy (non-hydrogen) atoms. The van der Waals surface area contributed by atoms with Crippen molar-refractivity contribution in [1.29, 1.82) is 0 Å². The van der Waals surface area contributed by atoms with Crippen LogP contribution < -0.4 is 15.8 Å². The Morgan fingerprint density at radius 3 is 2.69 bits per heavy atom. The Morgan fingerprint density at radius 2 is 1.92 bits per heavy atom. The average Bonchev–Trinajstić information content (AvgIpc) is 3.35. The SMILES string of the molecule is NC[C@H]1CC[C@@H](C(=O)NCc2ccc(-c3ccc4c(c3)CCO4)cc2)O1. The minimum Gasteiger partial charge on any atom is -0.493 e. The van der Waals surface area contributed by atoms with E-state index in [-0.39, 0.29) is 18.1 Å². The molecule has 2 aromatic rings. The molecule has 5 nitrogen and oxygen atoms in total. The van der Waals surface area contributed by atoms with Crippen molar-refractivity contribution < 1.29 is 14.3 Å². The van der Waals surface area contributed by atoms with E-state index in [1.165, 1.54) is 16.7 Å². The molecule has 0 aliphatic carbocycles. The van der Waals surface area contributed by atoms with Crippen LogP contribution in [0.4, 0.5) is 0 Å². The smallest absolute Gasteiger partial charge is 0.249 e. The molecular formula is C21H24N2O3. The van der Waals surface area contributed by atoms with Gasteiger partial charge >= 0.3 is 0 Å². The van der Waals surface area contributed by atoms with E-state index < -0.39 is 0 Å². The molecule has 0 bridgehead atoms. The third-order valence-electron chi connectivity index (χ3n) is 5.11. The second-order valence-corrected chi connectivity index (χ2v) is 6.90. The van der Waals surface area contributed by atoms with Crippen LogP contribution in [0.3, 0.4) is 0 Å². The van der Waals surface area contributed by atoms with Crippen molar-refractivity contribution in [2.45, 2.75) is 38.0 Å². The van der Waals surface area contributed by atoms with Gasteiger partial charge < -0.3 is 20.5 Å². The number of nitrogens with one attached hydrogen (secondary N) is 1. The number of fused-ring (bicyclic) bond motifs is 1. The summed E-state index contributed by atoms with van der Waals surface area (Å²) >= 11 is 0. The van der Waals surface area contributed by atoms with Crippen LogP contribution in [-0.2, 0) is 22.5 Å². The van der Waals surface area contributed by atoms with Crippen LogP contribution in [-0.4, -0.2) is 31.3 Å². The van der Waals surface area contributed by atoms with E-state index in [2.05, 4.69) is 41.7 Å². The van der Waals surface area contributed by atoms with Gasteiger partial charge in [-0.05, 0) is 47.2 Å². The topological polar surface area (TPSA) is 73.6 Å². The molecule has 0 unspecified atom stereocenters. The summed E-state index contributed by atoms with van der Waals surface area (Å²) in [4.78, 5) is 12.2. The first-order chi connectivity index (χ1) is 12.7. The van der Waals surface area contributed by atoms with Crippen LogP contribution in [0.25, 0.3) is 11.1 Å². The number of carbonyl (C=O) groups is 1. The highest BCUT2D eigenvalue weighted by Crippen LogP contribution is 2.30. The van der Waals surface area contributed by atoms with E-state index in [9.17, 15) is 4.79 Å². The highest BCUT2D eigenvalue weighted by Gasteiger charge is 2.29. The maximum absolute atomic E-state index is 12.2. The van der Waals surface area contributed by atoms with Crippen molar-refractivity contribution in [3.05, 3.63) is 53.6 Å². The van der Waals surface area contributed by atoms with Crippen LogP contribution in [0.2, 0.25) is 0 Å². The highest BCUT2D eigenvalue weighted by molar-refractivity contribution is 5.81. The van der Waals surface area contributed by atoms with Crippen LogP contribution in [0.1, 0.15) is 24.0 Å². The Bertz CT molecular complexity index is 788. The highest BCUT2D eigenvalue weighted by atomic mass is 16.5. The fraction of sp³-hybridized carbons (Fsp3) is 0.381. The zero-order chi connectivity index (χ0) is 17.9. The van der Waals surface area contributed by atoms with Gasteiger partial charge in [0.05, 0.1) is 12.7 Å². The van der Waals surface area contributed by atoms with Crippen LogP contribution >= 0.6 is 0 Å². The van der Waals surface area contributed by atoms with E-state index in [0.717, 1.165) is 37.2 Å². The molecule has 0 aromatic heterocycles. The lowest BCUT2D eigenvalue weighted by Crippen LogP contribution is -2.35. The molecule has 0 radical (unpaired) electrons. The van der Waals surface area contributed by atoms with Crippen LogP contribution in [0.15, 0.2) is 42.5 Å². The first-order valence-corrected chi connectivity index (χ1v) is 9.21. The maximum atomic E-state index is 12.2. The molecule has 2 atom stereocenters. The normalized spacial score (nSPS) is 21.3. The average molecular weight is 352 g/mol. The van der Waals surface area contributed by atoms with Crippen molar-refractivity contribution in [2.75, 3.05) is 13.2 Å². The Kier molecular flexibility index (Phi) is 4.91. The van der Waals surface area contributed by atoms with Gasteiger partial charge in [0, 0.05) is 19.5 Å². The van der Waals surface area contributed by atoms with E-state index in [1.807, 2.05) is 6.07 Å². The molecule has 2 heterocycles. The summed E-state index contributed by atoms with van der Waals surface area (Å²) in [5, 5.41) is 2.96. The number of hydrogen-bond donors (Lipinski definition) is 2. The zero-order valence-corrected chi connectivity index (χ0v) is 14.7. The summed E-state index contributed by atoms with van der Waals surface area (Å²) in [6.45, 7) is 1.75. The monoisotopic (exact) mass is 352 g/mol. The third kappa shape index (κ3) is 3.59. The zero-order valence-electron chi connectivity index (χ0n) is 14.7. The lowest BCUT2D eigenvalue weighted by atomic mass is 10.0. The Hall–Kier alpha value is -2.37. The van der Waals surface area contributed by atoms with Crippen molar-refractivity contribution in [1.82, 2.24) is 5.32 Å². The molecule has 1 saturated heterocycles. The lowest BCUT2D eigenvalue weighted by Gasteiger charge is -2.13. The fourth-order valence-corrected chi connectivity index (χ4v) is 3.56. The van der Waals surface area contributed by atoms with Gasteiger partial charge in [0.15, 0.2) is 0 Å². The number of benzene rings is 2. The summed E-state index contributed by atoms with van der Waals surface area (Å²) in [5.74, 6) is 0.947. The molecule has 1 fully saturated rings. The van der Waals surface area contributed by atoms with Gasteiger partial charge in [-0.2, -0.15) is 0 Å². The fourth-order valence-electron chi connectivity index (χ4n) is 3.56. The number of hydrogen-bond acceptors (Lipinski definition) is 4. The second kappa shape index (κ2) is 7.48. The van der Waals surface area contributed by atoms with Gasteiger partial charge in [0.1, 0.15) is 11.9 Å². The Balaban J connectivity index is 1.35. The minimum atomic E-state index is -0.364. The molecule has 2 aliphatic rings. The van der Waals surface area contributed by atoms with Crippen molar-refractivity contribution in [3.63, 3.8) is 0 Å². The van der Waals surface area contributed by atoms with Gasteiger partial charge in [-0.25, -0.2) is 0 Å². The molecule has 1 amide bonds. The quantitative estimate of drug-likeness (QED) is 0.867. The van der Waals surface area contributed by atoms with Crippen molar-refractivity contribution >= 4 is 5.91 Å². The van der Waals surface area contributed by atoms with Gasteiger partial charge in [-0.15, -0.1) is 0 Å². The van der Waals surface area contributed by atoms with Gasteiger partial charge in [0.2, 0.25) is 5.91 Å². The first kappa shape index (κ1) is 17.1. The molecule has 4 rings (SSSR count). The molecule has 0 saturated carbocycles. The minimum absolute atomic E-state index is 0.0164. The summed E-state index contributed by atoms with van der Waals surface area (Å²) in [5.41, 5.74) is 10.3. The Morgan fingerprint density at radius 1 is 1.12 bits per heavy atom. The largest absolute Gasteiger partial charge is 0.493 e.